The Hall–Kier alpha value is -0.560. The third-order valence-corrected chi connectivity index (χ3v) is 6.08. The van der Waals surface area contributed by atoms with E-state index in [1.165, 1.54) is 0 Å². The van der Waals surface area contributed by atoms with Gasteiger partial charge in [-0.15, -0.1) is 0 Å². The van der Waals surface area contributed by atoms with Crippen LogP contribution in [0.2, 0.25) is 0 Å². The lowest BCUT2D eigenvalue weighted by molar-refractivity contribution is -0.327. The lowest BCUT2D eigenvalue weighted by Crippen LogP contribution is -2.68. The van der Waals surface area contributed by atoms with Crippen LogP contribution in [0, 0.1) is 0 Å². The minimum Gasteiger partial charge on any atom is -0.389 e. The van der Waals surface area contributed by atoms with Crippen LogP contribution in [0.25, 0.3) is 0 Å². The Morgan fingerprint density at radius 3 is 2.03 bits per heavy atom. The zero-order valence-electron chi connectivity index (χ0n) is 16.8. The zero-order valence-corrected chi connectivity index (χ0v) is 16.8. The van der Waals surface area contributed by atoms with Crippen LogP contribution < -0.4 is 22.9 Å². The summed E-state index contributed by atoms with van der Waals surface area (Å²) in [6, 6.07) is -2.72. The summed E-state index contributed by atoms with van der Waals surface area (Å²) < 4.78 is 22.4. The first kappa shape index (κ1) is 25.1. The molecule has 31 heavy (non-hydrogen) atoms. The van der Waals surface area contributed by atoms with Gasteiger partial charge in [0, 0.05) is 18.6 Å². The van der Waals surface area contributed by atoms with Crippen LogP contribution in [0.5, 0.6) is 0 Å². The first-order valence-electron chi connectivity index (χ1n) is 10.2. The normalized spacial score (nSPS) is 54.0. The van der Waals surface area contributed by atoms with E-state index in [1.807, 2.05) is 0 Å². The molecule has 182 valence electrons. The molecule has 0 radical (unpaired) electrons. The van der Waals surface area contributed by atoms with E-state index in [0.29, 0.717) is 0 Å². The van der Waals surface area contributed by atoms with Crippen LogP contribution in [0.1, 0.15) is 6.42 Å². The minimum absolute atomic E-state index is 0.114. The highest BCUT2D eigenvalue weighted by molar-refractivity contribution is 5.01. The van der Waals surface area contributed by atoms with Crippen LogP contribution in [0.15, 0.2) is 0 Å². The highest BCUT2D eigenvalue weighted by Gasteiger charge is 2.50. The van der Waals surface area contributed by atoms with E-state index in [4.69, 9.17) is 41.9 Å². The molecule has 2 saturated heterocycles. The molecule has 3 rings (SSSR count). The van der Waals surface area contributed by atoms with Gasteiger partial charge in [-0.25, -0.2) is 0 Å². The van der Waals surface area contributed by atoms with Gasteiger partial charge >= 0.3 is 0 Å². The van der Waals surface area contributed by atoms with E-state index in [1.54, 1.807) is 0 Å². The summed E-state index contributed by atoms with van der Waals surface area (Å²) in [6.45, 7) is -0.425. The van der Waals surface area contributed by atoms with E-state index in [-0.39, 0.29) is 19.6 Å². The van der Waals surface area contributed by atoms with Crippen molar-refractivity contribution in [1.29, 1.82) is 0 Å². The smallest absolute Gasteiger partial charge is 0.186 e. The number of nitrogens with two attached hydrogens (primary N) is 4. The summed E-state index contributed by atoms with van der Waals surface area (Å²) in [5.74, 6) is 0. The number of rotatable bonds is 5. The van der Waals surface area contributed by atoms with Crippen LogP contribution >= 0.6 is 0 Å². The third-order valence-electron chi connectivity index (χ3n) is 6.08. The lowest BCUT2D eigenvalue weighted by atomic mass is 9.84. The number of ether oxygens (including phenoxy) is 4. The Labute approximate surface area is 178 Å². The maximum atomic E-state index is 10.6. The van der Waals surface area contributed by atoms with E-state index in [9.17, 15) is 30.6 Å². The first-order valence-corrected chi connectivity index (χ1v) is 10.2. The monoisotopic (exact) mass is 454 g/mol. The predicted molar refractivity (Wildman–Crippen MR) is 102 cm³/mol. The van der Waals surface area contributed by atoms with Crippen LogP contribution in [-0.2, 0) is 18.9 Å². The van der Waals surface area contributed by atoms with Crippen LogP contribution in [0.4, 0.5) is 0 Å². The van der Waals surface area contributed by atoms with Crippen molar-refractivity contribution in [2.45, 2.75) is 92.1 Å². The summed E-state index contributed by atoms with van der Waals surface area (Å²) in [4.78, 5) is 0. The summed E-state index contributed by atoms with van der Waals surface area (Å²) in [5, 5.41) is 60.5. The van der Waals surface area contributed by atoms with Crippen LogP contribution in [0.3, 0.4) is 0 Å². The molecule has 1 saturated carbocycles. The average Bonchev–Trinajstić information content (AvgIpc) is 2.74. The quantitative estimate of drug-likeness (QED) is 0.185. The van der Waals surface area contributed by atoms with Gasteiger partial charge in [0.05, 0.1) is 18.8 Å². The van der Waals surface area contributed by atoms with Crippen molar-refractivity contribution in [3.05, 3.63) is 0 Å². The molecule has 0 aromatic carbocycles. The Bertz CT molecular complexity index is 591. The molecular formula is C17H34N4O10. The fourth-order valence-corrected chi connectivity index (χ4v) is 4.08. The van der Waals surface area contributed by atoms with Gasteiger partial charge in [0.25, 0.3) is 0 Å². The number of aliphatic hydroxyl groups excluding tert-OH is 6. The standard InChI is InChI=1S/C17H34N4O10/c18-2-7-11(25)12(26)8(21)16(29-7)30-14-5(20)1-4(19)9(23)15(14)31-17-13(27)10(24)6(22)3-28-17/h4-17,22-27H,1-3,18-21H2/t4-,5+,6-,7-,8-,9+,10+,11-,12-,13-,14-,15-,16-,17+/m1/s1. The van der Waals surface area contributed by atoms with Crippen molar-refractivity contribution < 1.29 is 49.6 Å². The molecule has 14 heteroatoms. The molecule has 3 aliphatic rings. The van der Waals surface area contributed by atoms with Gasteiger partial charge in [0.2, 0.25) is 0 Å². The zero-order chi connectivity index (χ0) is 23.0. The van der Waals surface area contributed by atoms with Crippen molar-refractivity contribution in [3.63, 3.8) is 0 Å². The maximum absolute atomic E-state index is 10.6. The molecule has 0 spiro atoms. The largest absolute Gasteiger partial charge is 0.389 e. The molecule has 14 nitrogen and oxygen atoms in total. The molecule has 1 aliphatic carbocycles. The van der Waals surface area contributed by atoms with Crippen molar-refractivity contribution >= 4 is 0 Å². The Kier molecular flexibility index (Phi) is 8.21. The molecule has 0 aromatic heterocycles. The highest BCUT2D eigenvalue weighted by Crippen LogP contribution is 2.30. The van der Waals surface area contributed by atoms with Gasteiger partial charge in [-0.2, -0.15) is 0 Å². The van der Waals surface area contributed by atoms with Gasteiger partial charge in [-0.1, -0.05) is 0 Å². The molecular weight excluding hydrogens is 420 g/mol. The molecule has 0 unspecified atom stereocenters. The van der Waals surface area contributed by atoms with Gasteiger partial charge < -0.3 is 72.5 Å². The van der Waals surface area contributed by atoms with Crippen molar-refractivity contribution in [2.75, 3.05) is 13.2 Å². The summed E-state index contributed by atoms with van der Waals surface area (Å²) in [6.07, 6.45) is -14.2. The molecule has 14 N–H and O–H groups in total. The Morgan fingerprint density at radius 2 is 1.39 bits per heavy atom. The maximum Gasteiger partial charge on any atom is 0.186 e. The molecule has 3 fully saturated rings. The SMILES string of the molecule is NC[C@H]1O[C@H](O[C@H]2[C@H](O[C@@H]3OC[C@@H](O)[C@H](O)[C@H]3O)[C@@H](O)[C@H](N)C[C@@H]2N)[C@H](N)[C@@H](O)[C@@H]1O. The lowest BCUT2D eigenvalue weighted by Gasteiger charge is -2.48. The number of hydrogen-bond acceptors (Lipinski definition) is 14. The van der Waals surface area contributed by atoms with Gasteiger partial charge in [0.1, 0.15) is 48.8 Å². The second-order valence-corrected chi connectivity index (χ2v) is 8.34. The topological polar surface area (TPSA) is 262 Å². The molecule has 0 aromatic rings. The Balaban J connectivity index is 1.77. The predicted octanol–water partition coefficient (Wildman–Crippen LogP) is -6.65. The molecule has 2 heterocycles. The third kappa shape index (κ3) is 5.02. The summed E-state index contributed by atoms with van der Waals surface area (Å²) >= 11 is 0. The van der Waals surface area contributed by atoms with E-state index in [2.05, 4.69) is 0 Å². The van der Waals surface area contributed by atoms with Crippen molar-refractivity contribution in [1.82, 2.24) is 0 Å². The second-order valence-electron chi connectivity index (χ2n) is 8.34. The van der Waals surface area contributed by atoms with Gasteiger partial charge in [0.15, 0.2) is 12.6 Å². The molecule has 0 amide bonds. The first-order chi connectivity index (χ1) is 14.6. The Morgan fingerprint density at radius 1 is 0.742 bits per heavy atom. The highest BCUT2D eigenvalue weighted by atomic mass is 16.7. The second kappa shape index (κ2) is 10.1. The summed E-state index contributed by atoms with van der Waals surface area (Å²) in [7, 11) is 0. The minimum atomic E-state index is -1.61. The van der Waals surface area contributed by atoms with Crippen molar-refractivity contribution in [3.8, 4) is 0 Å². The molecule has 0 bridgehead atoms. The molecule has 2 aliphatic heterocycles. The average molecular weight is 454 g/mol. The van der Waals surface area contributed by atoms with Gasteiger partial charge in [-0.05, 0) is 6.42 Å². The molecule has 14 atom stereocenters. The fourth-order valence-electron chi connectivity index (χ4n) is 4.08. The van der Waals surface area contributed by atoms with E-state index in [0.717, 1.165) is 0 Å². The fraction of sp³-hybridized carbons (Fsp3) is 1.00. The van der Waals surface area contributed by atoms with E-state index >= 15 is 0 Å². The number of aliphatic hydroxyl groups is 6. The number of hydrogen-bond donors (Lipinski definition) is 10. The van der Waals surface area contributed by atoms with Crippen LogP contribution in [-0.4, -0.2) is 129 Å². The van der Waals surface area contributed by atoms with Gasteiger partial charge in [-0.3, -0.25) is 0 Å². The van der Waals surface area contributed by atoms with E-state index < -0.39 is 85.6 Å². The summed E-state index contributed by atoms with van der Waals surface area (Å²) in [5.41, 5.74) is 23.6. The van der Waals surface area contributed by atoms with Crippen molar-refractivity contribution in [2.24, 2.45) is 22.9 Å².